The van der Waals surface area contributed by atoms with Crippen molar-refractivity contribution in [1.82, 2.24) is 0 Å². The largest absolute Gasteiger partial charge is 0.457 e. The number of carbonyl (C=O) groups is 1. The number of hydrogen-bond acceptors (Lipinski definition) is 14. The molecular weight excluding hydrogens is 849 g/mol. The summed E-state index contributed by atoms with van der Waals surface area (Å²) in [4.78, 5) is 13.0. The fraction of sp³-hybridized carbons (Fsp3) is 0.750. The SMILES string of the molecule is CC/C=C\C/C=C\C/C=C\C/C=C\C/C=C\CCCCOCC(COC1OC(COC2OC(CO)C(O)C(O)C2O)C(O)C(O)C1O)OC(=O)CCCCCCC/C=C\CCCCCCC. The monoisotopic (exact) mass is 937 g/mol. The van der Waals surface area contributed by atoms with Gasteiger partial charge in [0.15, 0.2) is 12.6 Å². The van der Waals surface area contributed by atoms with E-state index in [9.17, 15) is 40.5 Å². The van der Waals surface area contributed by atoms with E-state index in [-0.39, 0.29) is 19.6 Å². The number of carbonyl (C=O) groups excluding carboxylic acids is 1. The first kappa shape index (κ1) is 59.6. The van der Waals surface area contributed by atoms with Crippen LogP contribution >= 0.6 is 0 Å². The Morgan fingerprint density at radius 2 is 0.985 bits per heavy atom. The van der Waals surface area contributed by atoms with Gasteiger partial charge >= 0.3 is 5.97 Å². The molecule has 2 heterocycles. The molecule has 380 valence electrons. The van der Waals surface area contributed by atoms with E-state index in [1.54, 1.807) is 0 Å². The summed E-state index contributed by atoms with van der Waals surface area (Å²) < 4.78 is 34.2. The molecule has 2 saturated heterocycles. The van der Waals surface area contributed by atoms with Gasteiger partial charge in [-0.25, -0.2) is 0 Å². The van der Waals surface area contributed by atoms with Crippen molar-refractivity contribution in [1.29, 1.82) is 0 Å². The molecule has 11 atom stereocenters. The van der Waals surface area contributed by atoms with Gasteiger partial charge in [0, 0.05) is 13.0 Å². The third-order valence-electron chi connectivity index (χ3n) is 11.4. The van der Waals surface area contributed by atoms with E-state index in [1.807, 2.05) is 0 Å². The van der Waals surface area contributed by atoms with Crippen LogP contribution in [0, 0.1) is 0 Å². The van der Waals surface area contributed by atoms with Gasteiger partial charge in [-0.05, 0) is 83.5 Å². The molecule has 2 fully saturated rings. The molecule has 2 rings (SSSR count). The van der Waals surface area contributed by atoms with Crippen LogP contribution in [-0.2, 0) is 33.2 Å². The van der Waals surface area contributed by atoms with Crippen LogP contribution in [0.4, 0.5) is 0 Å². The number of hydrogen-bond donors (Lipinski definition) is 7. The van der Waals surface area contributed by atoms with Crippen molar-refractivity contribution in [3.05, 3.63) is 72.9 Å². The van der Waals surface area contributed by atoms with Gasteiger partial charge < -0.3 is 64.2 Å². The third kappa shape index (κ3) is 26.8. The Bertz CT molecular complexity index is 1360. The predicted molar refractivity (Wildman–Crippen MR) is 256 cm³/mol. The quantitative estimate of drug-likeness (QED) is 0.0187. The zero-order valence-electron chi connectivity index (χ0n) is 40.2. The minimum absolute atomic E-state index is 0.0251. The molecule has 0 aliphatic carbocycles. The Hall–Kier alpha value is -2.57. The molecule has 14 nitrogen and oxygen atoms in total. The summed E-state index contributed by atoms with van der Waals surface area (Å²) in [5.74, 6) is -0.404. The molecule has 2 aliphatic rings. The highest BCUT2D eigenvalue weighted by Crippen LogP contribution is 2.26. The van der Waals surface area contributed by atoms with Crippen molar-refractivity contribution in [3.63, 3.8) is 0 Å². The van der Waals surface area contributed by atoms with Crippen LogP contribution < -0.4 is 0 Å². The lowest BCUT2D eigenvalue weighted by atomic mass is 9.98. The fourth-order valence-corrected chi connectivity index (χ4v) is 7.36. The molecule has 0 aromatic heterocycles. The maximum atomic E-state index is 13.0. The number of aliphatic hydroxyl groups is 7. The first-order valence-corrected chi connectivity index (χ1v) is 25.0. The van der Waals surface area contributed by atoms with Gasteiger partial charge in [0.1, 0.15) is 54.9 Å². The summed E-state index contributed by atoms with van der Waals surface area (Å²) in [7, 11) is 0. The second-order valence-corrected chi connectivity index (χ2v) is 17.3. The highest BCUT2D eigenvalue weighted by molar-refractivity contribution is 5.69. The minimum Gasteiger partial charge on any atom is -0.457 e. The molecule has 0 saturated carbocycles. The number of aliphatic hydroxyl groups excluding tert-OH is 7. The lowest BCUT2D eigenvalue weighted by molar-refractivity contribution is -0.332. The highest BCUT2D eigenvalue weighted by Gasteiger charge is 2.47. The second-order valence-electron chi connectivity index (χ2n) is 17.3. The van der Waals surface area contributed by atoms with Gasteiger partial charge in [-0.2, -0.15) is 0 Å². The van der Waals surface area contributed by atoms with Crippen molar-refractivity contribution in [3.8, 4) is 0 Å². The lowest BCUT2D eigenvalue weighted by Crippen LogP contribution is -2.61. The summed E-state index contributed by atoms with van der Waals surface area (Å²) in [6, 6.07) is 0. The van der Waals surface area contributed by atoms with Crippen LogP contribution in [0.1, 0.15) is 149 Å². The second kappa shape index (κ2) is 39.3. The molecule has 66 heavy (non-hydrogen) atoms. The molecule has 11 unspecified atom stereocenters. The molecule has 0 aromatic carbocycles. The summed E-state index contributed by atoms with van der Waals surface area (Å²) in [5, 5.41) is 72.1. The van der Waals surface area contributed by atoms with Crippen molar-refractivity contribution >= 4 is 5.97 Å². The normalized spacial score (nSPS) is 26.9. The van der Waals surface area contributed by atoms with E-state index in [1.165, 1.54) is 32.1 Å². The topological polar surface area (TPSA) is 214 Å². The van der Waals surface area contributed by atoms with Crippen molar-refractivity contribution in [2.45, 2.75) is 216 Å². The van der Waals surface area contributed by atoms with Gasteiger partial charge in [-0.15, -0.1) is 0 Å². The first-order valence-electron chi connectivity index (χ1n) is 25.0. The Kier molecular flexibility index (Phi) is 35.5. The Morgan fingerprint density at radius 1 is 0.515 bits per heavy atom. The van der Waals surface area contributed by atoms with Crippen molar-refractivity contribution in [2.75, 3.05) is 33.0 Å². The number of allylic oxidation sites excluding steroid dienone is 12. The number of unbranched alkanes of at least 4 members (excludes halogenated alkanes) is 12. The zero-order valence-corrected chi connectivity index (χ0v) is 40.2. The highest BCUT2D eigenvalue weighted by atomic mass is 16.7. The Morgan fingerprint density at radius 3 is 1.56 bits per heavy atom. The average molecular weight is 937 g/mol. The van der Waals surface area contributed by atoms with Crippen molar-refractivity contribution < 1.29 is 69.0 Å². The van der Waals surface area contributed by atoms with E-state index in [2.05, 4.69) is 86.8 Å². The van der Waals surface area contributed by atoms with E-state index < -0.39 is 86.7 Å². The molecular formula is C52H88O14. The molecule has 0 bridgehead atoms. The van der Waals surface area contributed by atoms with Gasteiger partial charge in [0.25, 0.3) is 0 Å². The molecule has 7 N–H and O–H groups in total. The molecule has 0 radical (unpaired) electrons. The van der Waals surface area contributed by atoms with Crippen LogP contribution in [0.15, 0.2) is 72.9 Å². The Labute approximate surface area is 396 Å². The molecule has 0 amide bonds. The number of esters is 1. The molecule has 0 spiro atoms. The van der Waals surface area contributed by atoms with Gasteiger partial charge in [0.2, 0.25) is 0 Å². The average Bonchev–Trinajstić information content (AvgIpc) is 3.31. The molecule has 0 aromatic rings. The standard InChI is InChI=1S/C52H88O14/c1-3-5-7-9-11-13-15-17-19-20-21-22-24-26-28-30-32-34-36-61-38-41(64-44(54)35-33-31-29-27-25-23-18-16-14-12-10-8-6-4-2)39-62-51-50(60)48(58)46(56)43(66-51)40-63-52-49(59)47(57)45(55)42(37-53)65-52/h5,7,11,13,16-19,21-22,26,28,41-43,45-53,55-60H,3-4,6,8-10,12,14-15,20,23-25,27,29-40H2,1-2H3/b7-5-,13-11-,18-16-,19-17-,22-21-,28-26-. The van der Waals surface area contributed by atoms with Crippen LogP contribution in [0.25, 0.3) is 0 Å². The maximum Gasteiger partial charge on any atom is 0.306 e. The van der Waals surface area contributed by atoms with Crippen LogP contribution in [0.5, 0.6) is 0 Å². The fourth-order valence-electron chi connectivity index (χ4n) is 7.36. The summed E-state index contributed by atoms with van der Waals surface area (Å²) in [6.45, 7) is 3.42. The van der Waals surface area contributed by atoms with Crippen LogP contribution in [0.3, 0.4) is 0 Å². The zero-order chi connectivity index (χ0) is 48.0. The molecule has 2 aliphatic heterocycles. The number of rotatable bonds is 38. The lowest BCUT2D eigenvalue weighted by Gasteiger charge is -2.42. The summed E-state index contributed by atoms with van der Waals surface area (Å²) >= 11 is 0. The summed E-state index contributed by atoms with van der Waals surface area (Å²) in [5.41, 5.74) is 0. The van der Waals surface area contributed by atoms with E-state index in [0.29, 0.717) is 13.0 Å². The maximum absolute atomic E-state index is 13.0. The number of ether oxygens (including phenoxy) is 6. The van der Waals surface area contributed by atoms with Gasteiger partial charge in [-0.3, -0.25) is 4.79 Å². The van der Waals surface area contributed by atoms with Gasteiger partial charge in [-0.1, -0.05) is 132 Å². The van der Waals surface area contributed by atoms with Crippen LogP contribution in [-0.4, -0.2) is 142 Å². The molecule has 14 heteroatoms. The predicted octanol–water partition coefficient (Wildman–Crippen LogP) is 7.12. The Balaban J connectivity index is 1.81. The van der Waals surface area contributed by atoms with Gasteiger partial charge in [0.05, 0.1) is 26.4 Å². The minimum atomic E-state index is -1.72. The summed E-state index contributed by atoms with van der Waals surface area (Å²) in [6.07, 6.45) is 31.1. The first-order chi connectivity index (χ1) is 32.1. The smallest absolute Gasteiger partial charge is 0.306 e. The van der Waals surface area contributed by atoms with E-state index in [4.69, 9.17) is 28.4 Å². The van der Waals surface area contributed by atoms with E-state index >= 15 is 0 Å². The van der Waals surface area contributed by atoms with Crippen molar-refractivity contribution in [2.24, 2.45) is 0 Å². The van der Waals surface area contributed by atoms with E-state index in [0.717, 1.165) is 89.9 Å². The van der Waals surface area contributed by atoms with Crippen LogP contribution in [0.2, 0.25) is 0 Å². The third-order valence-corrected chi connectivity index (χ3v) is 11.4.